The average Bonchev–Trinajstić information content (AvgIpc) is 3.30. The van der Waals surface area contributed by atoms with Crippen LogP contribution in [0, 0.1) is 18.6 Å². The van der Waals surface area contributed by atoms with Crippen LogP contribution in [-0.4, -0.2) is 16.8 Å². The number of rotatable bonds is 4. The summed E-state index contributed by atoms with van der Waals surface area (Å²) >= 11 is 0. The van der Waals surface area contributed by atoms with E-state index in [4.69, 9.17) is 0 Å². The van der Waals surface area contributed by atoms with Crippen LogP contribution in [0.4, 0.5) is 8.78 Å². The van der Waals surface area contributed by atoms with E-state index in [2.05, 4.69) is 0 Å². The smallest absolute Gasteiger partial charge is 0.254 e. The summed E-state index contributed by atoms with van der Waals surface area (Å²) in [4.78, 5) is 14.4. The topological polar surface area (TPSA) is 20.3 Å². The van der Waals surface area contributed by atoms with Gasteiger partial charge in [-0.05, 0) is 38.0 Å². The Hall–Kier alpha value is -2.23. The Morgan fingerprint density at radius 1 is 1.18 bits per heavy atom. The standard InChI is InChI=1S/C18H17F2NO/c1-12-3-2-4-13(9-12)18(22)21(16-7-8-16)11-14-5-6-15(19)10-17(14)20/h2-6,9-10,16H,7-8,11H2,1H3. The lowest BCUT2D eigenvalue weighted by Gasteiger charge is -2.23. The van der Waals surface area contributed by atoms with Gasteiger partial charge in [0.2, 0.25) is 0 Å². The molecule has 0 heterocycles. The molecule has 2 aromatic rings. The number of halogens is 2. The molecule has 0 saturated heterocycles. The van der Waals surface area contributed by atoms with E-state index < -0.39 is 11.6 Å². The molecule has 0 atom stereocenters. The predicted molar refractivity (Wildman–Crippen MR) is 80.4 cm³/mol. The van der Waals surface area contributed by atoms with E-state index in [9.17, 15) is 13.6 Å². The maximum atomic E-state index is 13.8. The van der Waals surface area contributed by atoms with E-state index in [1.54, 1.807) is 11.0 Å². The summed E-state index contributed by atoms with van der Waals surface area (Å²) < 4.78 is 26.8. The first-order chi connectivity index (χ1) is 10.5. The van der Waals surface area contributed by atoms with Crippen LogP contribution in [0.1, 0.15) is 34.3 Å². The van der Waals surface area contributed by atoms with Crippen LogP contribution in [0.5, 0.6) is 0 Å². The summed E-state index contributed by atoms with van der Waals surface area (Å²) in [5.74, 6) is -1.32. The van der Waals surface area contributed by atoms with E-state index >= 15 is 0 Å². The Kier molecular flexibility index (Phi) is 3.92. The average molecular weight is 301 g/mol. The summed E-state index contributed by atoms with van der Waals surface area (Å²) in [7, 11) is 0. The first-order valence-electron chi connectivity index (χ1n) is 7.36. The van der Waals surface area contributed by atoms with Crippen molar-refractivity contribution < 1.29 is 13.6 Å². The molecule has 1 aliphatic carbocycles. The summed E-state index contributed by atoms with van der Waals surface area (Å²) in [5, 5.41) is 0. The van der Waals surface area contributed by atoms with Gasteiger partial charge in [-0.1, -0.05) is 23.8 Å². The van der Waals surface area contributed by atoms with Gasteiger partial charge in [0.1, 0.15) is 11.6 Å². The first kappa shape index (κ1) is 14.7. The molecule has 0 bridgehead atoms. The van der Waals surface area contributed by atoms with Crippen LogP contribution < -0.4 is 0 Å². The van der Waals surface area contributed by atoms with Crippen molar-refractivity contribution in [1.82, 2.24) is 4.90 Å². The number of nitrogens with zero attached hydrogens (tertiary/aromatic N) is 1. The van der Waals surface area contributed by atoms with Crippen molar-refractivity contribution in [3.63, 3.8) is 0 Å². The molecule has 0 spiro atoms. The molecule has 1 aliphatic rings. The Labute approximate surface area is 128 Å². The Morgan fingerprint density at radius 2 is 1.95 bits per heavy atom. The van der Waals surface area contributed by atoms with Gasteiger partial charge >= 0.3 is 0 Å². The molecule has 0 aliphatic heterocycles. The van der Waals surface area contributed by atoms with Crippen LogP contribution in [0.3, 0.4) is 0 Å². The van der Waals surface area contributed by atoms with Crippen molar-refractivity contribution in [2.24, 2.45) is 0 Å². The molecule has 1 amide bonds. The number of benzene rings is 2. The summed E-state index contributed by atoms with van der Waals surface area (Å²) in [6.45, 7) is 2.10. The van der Waals surface area contributed by atoms with Crippen molar-refractivity contribution >= 4 is 5.91 Å². The van der Waals surface area contributed by atoms with E-state index in [0.717, 1.165) is 24.5 Å². The zero-order chi connectivity index (χ0) is 15.7. The molecule has 3 rings (SSSR count). The van der Waals surface area contributed by atoms with Gasteiger partial charge in [0.25, 0.3) is 5.91 Å². The molecule has 0 radical (unpaired) electrons. The van der Waals surface area contributed by atoms with Gasteiger partial charge in [-0.25, -0.2) is 8.78 Å². The molecule has 0 N–H and O–H groups in total. The lowest BCUT2D eigenvalue weighted by atomic mass is 10.1. The molecule has 1 fully saturated rings. The number of aryl methyl sites for hydroxylation is 1. The lowest BCUT2D eigenvalue weighted by Crippen LogP contribution is -2.33. The van der Waals surface area contributed by atoms with Gasteiger partial charge in [0.15, 0.2) is 0 Å². The minimum Gasteiger partial charge on any atom is -0.331 e. The van der Waals surface area contributed by atoms with E-state index in [1.807, 2.05) is 25.1 Å². The van der Waals surface area contributed by atoms with Gasteiger partial charge < -0.3 is 4.90 Å². The Balaban J connectivity index is 1.85. The number of hydrogen-bond acceptors (Lipinski definition) is 1. The van der Waals surface area contributed by atoms with Gasteiger partial charge in [0, 0.05) is 29.8 Å². The summed E-state index contributed by atoms with van der Waals surface area (Å²) in [6.07, 6.45) is 1.86. The highest BCUT2D eigenvalue weighted by Crippen LogP contribution is 2.30. The molecular formula is C18H17F2NO. The lowest BCUT2D eigenvalue weighted by molar-refractivity contribution is 0.0728. The SMILES string of the molecule is Cc1cccc(C(=O)N(Cc2ccc(F)cc2F)C2CC2)c1. The van der Waals surface area contributed by atoms with Gasteiger partial charge in [-0.15, -0.1) is 0 Å². The van der Waals surface area contributed by atoms with E-state index in [-0.39, 0.29) is 18.5 Å². The third-order valence-electron chi connectivity index (χ3n) is 3.87. The van der Waals surface area contributed by atoms with Crippen molar-refractivity contribution in [3.8, 4) is 0 Å². The van der Waals surface area contributed by atoms with Crippen LogP contribution >= 0.6 is 0 Å². The second-order valence-electron chi connectivity index (χ2n) is 5.77. The number of hydrogen-bond donors (Lipinski definition) is 0. The Bertz CT molecular complexity index is 710. The van der Waals surface area contributed by atoms with Gasteiger partial charge in [-0.2, -0.15) is 0 Å². The third kappa shape index (κ3) is 3.16. The fourth-order valence-corrected chi connectivity index (χ4v) is 2.53. The molecular weight excluding hydrogens is 284 g/mol. The highest BCUT2D eigenvalue weighted by atomic mass is 19.1. The quantitative estimate of drug-likeness (QED) is 0.833. The number of carbonyl (C=O) groups is 1. The fourth-order valence-electron chi connectivity index (χ4n) is 2.53. The molecule has 2 nitrogen and oxygen atoms in total. The van der Waals surface area contributed by atoms with Crippen molar-refractivity contribution in [2.75, 3.05) is 0 Å². The molecule has 2 aromatic carbocycles. The van der Waals surface area contributed by atoms with Gasteiger partial charge in [-0.3, -0.25) is 4.79 Å². The van der Waals surface area contributed by atoms with Crippen molar-refractivity contribution in [3.05, 3.63) is 70.8 Å². The molecule has 22 heavy (non-hydrogen) atoms. The highest BCUT2D eigenvalue weighted by Gasteiger charge is 2.33. The highest BCUT2D eigenvalue weighted by molar-refractivity contribution is 5.94. The van der Waals surface area contributed by atoms with Crippen molar-refractivity contribution in [1.29, 1.82) is 0 Å². The van der Waals surface area contributed by atoms with Crippen LogP contribution in [0.15, 0.2) is 42.5 Å². The number of carbonyl (C=O) groups excluding carboxylic acids is 1. The second-order valence-corrected chi connectivity index (χ2v) is 5.77. The fraction of sp³-hybridized carbons (Fsp3) is 0.278. The third-order valence-corrected chi connectivity index (χ3v) is 3.87. The summed E-state index contributed by atoms with van der Waals surface area (Å²) in [5.41, 5.74) is 1.96. The van der Waals surface area contributed by atoms with Gasteiger partial charge in [0.05, 0.1) is 0 Å². The minimum absolute atomic E-state index is 0.102. The molecule has 4 heteroatoms. The first-order valence-corrected chi connectivity index (χ1v) is 7.36. The van der Waals surface area contributed by atoms with E-state index in [1.165, 1.54) is 12.1 Å². The van der Waals surface area contributed by atoms with Crippen LogP contribution in [0.25, 0.3) is 0 Å². The van der Waals surface area contributed by atoms with Crippen LogP contribution in [-0.2, 0) is 6.54 Å². The molecule has 0 aromatic heterocycles. The molecule has 114 valence electrons. The zero-order valence-corrected chi connectivity index (χ0v) is 12.4. The van der Waals surface area contributed by atoms with E-state index in [0.29, 0.717) is 11.1 Å². The monoisotopic (exact) mass is 301 g/mol. The normalized spacial score (nSPS) is 14.0. The summed E-state index contributed by atoms with van der Waals surface area (Å²) in [6, 6.07) is 11.0. The predicted octanol–water partition coefficient (Wildman–Crippen LogP) is 4.08. The molecule has 0 unspecified atom stereocenters. The number of amides is 1. The molecule has 1 saturated carbocycles. The minimum atomic E-state index is -0.609. The maximum Gasteiger partial charge on any atom is 0.254 e. The second kappa shape index (κ2) is 5.87. The maximum absolute atomic E-state index is 13.8. The largest absolute Gasteiger partial charge is 0.331 e. The van der Waals surface area contributed by atoms with Crippen molar-refractivity contribution in [2.45, 2.75) is 32.4 Å². The Morgan fingerprint density at radius 3 is 2.59 bits per heavy atom. The van der Waals surface area contributed by atoms with Crippen LogP contribution in [0.2, 0.25) is 0 Å². The zero-order valence-electron chi connectivity index (χ0n) is 12.4.